The van der Waals surface area contributed by atoms with E-state index in [0.29, 0.717) is 23.1 Å². The number of hydrogen-bond acceptors (Lipinski definition) is 6. The maximum atomic E-state index is 5.94. The summed E-state index contributed by atoms with van der Waals surface area (Å²) in [5.74, 6) is 1.94. The number of nitrogens with zero attached hydrogens (tertiary/aromatic N) is 2. The van der Waals surface area contributed by atoms with Crippen LogP contribution >= 0.6 is 11.3 Å². The van der Waals surface area contributed by atoms with Crippen LogP contribution in [-0.4, -0.2) is 17.3 Å². The molecule has 5 nitrogen and oxygen atoms in total. The Hall–Kier alpha value is -2.34. The lowest BCUT2D eigenvalue weighted by Gasteiger charge is -2.00. The summed E-state index contributed by atoms with van der Waals surface area (Å²) in [7, 11) is 1.65. The molecule has 0 bridgehead atoms. The molecule has 3 rings (SSSR count). The lowest BCUT2D eigenvalue weighted by molar-refractivity contribution is 0.414. The Morgan fingerprint density at radius 1 is 1.29 bits per heavy atom. The molecule has 2 N–H and O–H groups in total. The van der Waals surface area contributed by atoms with Crippen LogP contribution in [0.4, 0.5) is 5.00 Å². The van der Waals surface area contributed by atoms with Crippen molar-refractivity contribution in [1.29, 1.82) is 0 Å². The third-order valence-electron chi connectivity index (χ3n) is 3.10. The lowest BCUT2D eigenvalue weighted by Crippen LogP contribution is -1.91. The van der Waals surface area contributed by atoms with E-state index < -0.39 is 0 Å². The molecule has 108 valence electrons. The molecule has 21 heavy (non-hydrogen) atoms. The van der Waals surface area contributed by atoms with E-state index in [-0.39, 0.29) is 0 Å². The summed E-state index contributed by atoms with van der Waals surface area (Å²) in [6.07, 6.45) is 0.608. The SMILES string of the molecule is COc1ccc(Cc2noc(-c3cc(C)sc3N)n2)cc1. The van der Waals surface area contributed by atoms with Gasteiger partial charge in [0.25, 0.3) is 5.89 Å². The summed E-state index contributed by atoms with van der Waals surface area (Å²) in [6, 6.07) is 9.76. The van der Waals surface area contributed by atoms with E-state index in [1.807, 2.05) is 37.3 Å². The van der Waals surface area contributed by atoms with Crippen molar-refractivity contribution in [3.63, 3.8) is 0 Å². The van der Waals surface area contributed by atoms with Gasteiger partial charge in [-0.15, -0.1) is 11.3 Å². The zero-order chi connectivity index (χ0) is 14.8. The second kappa shape index (κ2) is 5.57. The van der Waals surface area contributed by atoms with Crippen LogP contribution in [0.1, 0.15) is 16.3 Å². The van der Waals surface area contributed by atoms with E-state index in [4.69, 9.17) is 15.0 Å². The molecule has 0 amide bonds. The number of hydrogen-bond donors (Lipinski definition) is 1. The monoisotopic (exact) mass is 301 g/mol. The fourth-order valence-electron chi connectivity index (χ4n) is 2.06. The molecule has 0 atom stereocenters. The Morgan fingerprint density at radius 2 is 2.05 bits per heavy atom. The Bertz CT molecular complexity index is 747. The van der Waals surface area contributed by atoms with Gasteiger partial charge in [-0.2, -0.15) is 4.98 Å². The Morgan fingerprint density at radius 3 is 2.67 bits per heavy atom. The third kappa shape index (κ3) is 2.90. The highest BCUT2D eigenvalue weighted by molar-refractivity contribution is 7.16. The number of aromatic nitrogens is 2. The fraction of sp³-hybridized carbons (Fsp3) is 0.200. The van der Waals surface area contributed by atoms with Gasteiger partial charge < -0.3 is 15.0 Å². The fourth-order valence-corrected chi connectivity index (χ4v) is 2.84. The molecule has 0 aliphatic heterocycles. The first-order valence-electron chi connectivity index (χ1n) is 6.47. The van der Waals surface area contributed by atoms with Crippen molar-refractivity contribution in [2.75, 3.05) is 12.8 Å². The normalized spacial score (nSPS) is 10.8. The Labute approximate surface area is 126 Å². The van der Waals surface area contributed by atoms with Gasteiger partial charge in [0.1, 0.15) is 5.75 Å². The minimum Gasteiger partial charge on any atom is -0.497 e. The van der Waals surface area contributed by atoms with Gasteiger partial charge in [0, 0.05) is 11.3 Å². The number of methoxy groups -OCH3 is 1. The predicted molar refractivity (Wildman–Crippen MR) is 82.6 cm³/mol. The molecule has 0 aliphatic carbocycles. The molecule has 0 aliphatic rings. The van der Waals surface area contributed by atoms with Crippen molar-refractivity contribution < 1.29 is 9.26 Å². The molecule has 0 spiro atoms. The topological polar surface area (TPSA) is 74.2 Å². The molecule has 2 aromatic heterocycles. The van der Waals surface area contributed by atoms with Crippen LogP contribution in [-0.2, 0) is 6.42 Å². The highest BCUT2D eigenvalue weighted by atomic mass is 32.1. The van der Waals surface area contributed by atoms with E-state index in [1.165, 1.54) is 11.3 Å². The minimum absolute atomic E-state index is 0.473. The lowest BCUT2D eigenvalue weighted by atomic mass is 10.1. The van der Waals surface area contributed by atoms with Crippen LogP contribution in [0.5, 0.6) is 5.75 Å². The first-order chi connectivity index (χ1) is 10.2. The zero-order valence-electron chi connectivity index (χ0n) is 11.8. The Kier molecular flexibility index (Phi) is 3.62. The van der Waals surface area contributed by atoms with Gasteiger partial charge in [0.2, 0.25) is 0 Å². The molecule has 1 aromatic carbocycles. The molecule has 2 heterocycles. The quantitative estimate of drug-likeness (QED) is 0.800. The van der Waals surface area contributed by atoms with Gasteiger partial charge in [0.15, 0.2) is 5.82 Å². The number of benzene rings is 1. The van der Waals surface area contributed by atoms with Crippen molar-refractivity contribution in [2.24, 2.45) is 0 Å². The molecular weight excluding hydrogens is 286 g/mol. The van der Waals surface area contributed by atoms with Gasteiger partial charge in [-0.05, 0) is 30.7 Å². The first-order valence-corrected chi connectivity index (χ1v) is 7.29. The number of ether oxygens (including phenoxy) is 1. The zero-order valence-corrected chi connectivity index (χ0v) is 12.6. The molecular formula is C15H15N3O2S. The molecule has 0 fully saturated rings. The van der Waals surface area contributed by atoms with Gasteiger partial charge in [-0.1, -0.05) is 17.3 Å². The molecule has 3 aromatic rings. The maximum Gasteiger partial charge on any atom is 0.260 e. The number of anilines is 1. The van der Waals surface area contributed by atoms with E-state index in [9.17, 15) is 0 Å². The molecule has 6 heteroatoms. The minimum atomic E-state index is 0.473. The summed E-state index contributed by atoms with van der Waals surface area (Å²) in [4.78, 5) is 5.53. The van der Waals surface area contributed by atoms with Crippen LogP contribution in [0.15, 0.2) is 34.9 Å². The van der Waals surface area contributed by atoms with Crippen molar-refractivity contribution in [1.82, 2.24) is 10.1 Å². The summed E-state index contributed by atoms with van der Waals surface area (Å²) < 4.78 is 10.4. The van der Waals surface area contributed by atoms with Crippen LogP contribution in [0.25, 0.3) is 11.5 Å². The second-order valence-electron chi connectivity index (χ2n) is 4.68. The predicted octanol–water partition coefficient (Wildman–Crippen LogP) is 3.29. The highest BCUT2D eigenvalue weighted by Crippen LogP contribution is 2.32. The standard InChI is InChI=1S/C15H15N3O2S/c1-9-7-12(14(16)21-9)15-17-13(18-20-15)8-10-3-5-11(19-2)6-4-10/h3-7H,8,16H2,1-2H3. The first kappa shape index (κ1) is 13.6. The van der Waals surface area contributed by atoms with Crippen LogP contribution in [0.2, 0.25) is 0 Å². The average molecular weight is 301 g/mol. The second-order valence-corrected chi connectivity index (χ2v) is 5.96. The smallest absolute Gasteiger partial charge is 0.260 e. The summed E-state index contributed by atoms with van der Waals surface area (Å²) in [5, 5.41) is 4.71. The molecule has 0 unspecified atom stereocenters. The van der Waals surface area contributed by atoms with Crippen molar-refractivity contribution >= 4 is 16.3 Å². The van der Waals surface area contributed by atoms with E-state index in [2.05, 4.69) is 10.1 Å². The third-order valence-corrected chi connectivity index (χ3v) is 3.98. The number of thiophene rings is 1. The van der Waals surface area contributed by atoms with E-state index >= 15 is 0 Å². The summed E-state index contributed by atoms with van der Waals surface area (Å²) in [6.45, 7) is 2.00. The number of aryl methyl sites for hydroxylation is 1. The molecule has 0 saturated carbocycles. The number of nitrogens with two attached hydrogens (primary N) is 1. The summed E-state index contributed by atoms with van der Waals surface area (Å²) in [5.41, 5.74) is 7.85. The molecule has 0 radical (unpaired) electrons. The van der Waals surface area contributed by atoms with Gasteiger partial charge >= 0.3 is 0 Å². The van der Waals surface area contributed by atoms with Crippen LogP contribution in [0, 0.1) is 6.92 Å². The number of nitrogen functional groups attached to an aromatic ring is 1. The van der Waals surface area contributed by atoms with Crippen molar-refractivity contribution in [3.8, 4) is 17.2 Å². The van der Waals surface area contributed by atoms with Gasteiger partial charge in [-0.25, -0.2) is 0 Å². The maximum absolute atomic E-state index is 5.94. The van der Waals surface area contributed by atoms with Crippen molar-refractivity contribution in [3.05, 3.63) is 46.6 Å². The highest BCUT2D eigenvalue weighted by Gasteiger charge is 2.14. The van der Waals surface area contributed by atoms with E-state index in [0.717, 1.165) is 21.8 Å². The Balaban J connectivity index is 1.80. The van der Waals surface area contributed by atoms with Gasteiger partial charge in [0.05, 0.1) is 17.7 Å². The van der Waals surface area contributed by atoms with Crippen LogP contribution < -0.4 is 10.5 Å². The largest absolute Gasteiger partial charge is 0.497 e. The molecule has 0 saturated heterocycles. The van der Waals surface area contributed by atoms with E-state index in [1.54, 1.807) is 7.11 Å². The summed E-state index contributed by atoms with van der Waals surface area (Å²) >= 11 is 1.52. The number of rotatable bonds is 4. The van der Waals surface area contributed by atoms with Crippen molar-refractivity contribution in [2.45, 2.75) is 13.3 Å². The van der Waals surface area contributed by atoms with Crippen LogP contribution in [0.3, 0.4) is 0 Å². The van der Waals surface area contributed by atoms with Gasteiger partial charge in [-0.3, -0.25) is 0 Å². The average Bonchev–Trinajstić information content (AvgIpc) is 3.06.